The molecule has 6 nitrogen and oxygen atoms in total. The predicted molar refractivity (Wildman–Crippen MR) is 84.7 cm³/mol. The average molecular weight is 299 g/mol. The molecule has 22 heavy (non-hydrogen) atoms. The van der Waals surface area contributed by atoms with Gasteiger partial charge in [-0.15, -0.1) is 5.10 Å². The maximum atomic E-state index is 12.3. The zero-order valence-corrected chi connectivity index (χ0v) is 13.1. The van der Waals surface area contributed by atoms with Crippen molar-refractivity contribution in [2.24, 2.45) is 0 Å². The second-order valence-corrected chi connectivity index (χ2v) is 5.74. The van der Waals surface area contributed by atoms with Crippen LogP contribution in [0.5, 0.6) is 0 Å². The molecule has 2 heterocycles. The van der Waals surface area contributed by atoms with Gasteiger partial charge in [-0.25, -0.2) is 4.68 Å². The molecule has 116 valence electrons. The van der Waals surface area contributed by atoms with Gasteiger partial charge >= 0.3 is 0 Å². The van der Waals surface area contributed by atoms with Crippen LogP contribution >= 0.6 is 0 Å². The van der Waals surface area contributed by atoms with E-state index in [-0.39, 0.29) is 12.5 Å². The summed E-state index contributed by atoms with van der Waals surface area (Å²) in [6.07, 6.45) is 1.67. The largest absolute Gasteiger partial charge is 0.368 e. The van der Waals surface area contributed by atoms with E-state index in [9.17, 15) is 4.79 Å². The third kappa shape index (κ3) is 3.10. The lowest BCUT2D eigenvalue weighted by Crippen LogP contribution is -2.49. The van der Waals surface area contributed by atoms with Crippen molar-refractivity contribution in [2.45, 2.75) is 20.4 Å². The molecule has 3 rings (SSSR count). The van der Waals surface area contributed by atoms with E-state index < -0.39 is 0 Å². The van der Waals surface area contributed by atoms with Gasteiger partial charge in [-0.05, 0) is 31.5 Å². The van der Waals surface area contributed by atoms with Gasteiger partial charge in [0, 0.05) is 31.9 Å². The van der Waals surface area contributed by atoms with E-state index in [1.54, 1.807) is 10.9 Å². The second-order valence-electron chi connectivity index (χ2n) is 5.74. The number of piperazine rings is 1. The first-order chi connectivity index (χ1) is 10.6. The topological polar surface area (TPSA) is 54.3 Å². The van der Waals surface area contributed by atoms with Crippen molar-refractivity contribution in [3.05, 3.63) is 41.7 Å². The fraction of sp³-hybridized carbons (Fsp3) is 0.438. The normalized spacial score (nSPS) is 15.2. The van der Waals surface area contributed by atoms with E-state index in [1.807, 2.05) is 11.8 Å². The van der Waals surface area contributed by atoms with Crippen LogP contribution in [-0.2, 0) is 11.3 Å². The molecule has 1 saturated heterocycles. The van der Waals surface area contributed by atoms with Gasteiger partial charge in [-0.2, -0.15) is 0 Å². The molecule has 6 heteroatoms. The Kier molecular flexibility index (Phi) is 4.09. The number of carbonyl (C=O) groups is 1. The van der Waals surface area contributed by atoms with Gasteiger partial charge in [0.05, 0.1) is 11.9 Å². The number of anilines is 1. The van der Waals surface area contributed by atoms with E-state index in [4.69, 9.17) is 0 Å². The maximum Gasteiger partial charge on any atom is 0.244 e. The minimum atomic E-state index is 0.109. The molecule has 0 spiro atoms. The standard InChI is InChI=1S/C16H21N5O/c1-13-4-3-5-15(10-13)19-6-8-20(9-7-19)16(22)12-21-14(2)11-17-18-21/h3-5,10-11H,6-9,12H2,1-2H3. The lowest BCUT2D eigenvalue weighted by Gasteiger charge is -2.36. The number of benzene rings is 1. The number of carbonyl (C=O) groups excluding carboxylic acids is 1. The van der Waals surface area contributed by atoms with Crippen molar-refractivity contribution in [2.75, 3.05) is 31.1 Å². The van der Waals surface area contributed by atoms with Crippen LogP contribution in [0.1, 0.15) is 11.3 Å². The molecule has 0 radical (unpaired) electrons. The molecular weight excluding hydrogens is 278 g/mol. The highest BCUT2D eigenvalue weighted by atomic mass is 16.2. The highest BCUT2D eigenvalue weighted by Gasteiger charge is 2.22. The minimum Gasteiger partial charge on any atom is -0.368 e. The summed E-state index contributed by atoms with van der Waals surface area (Å²) in [5.74, 6) is 0.109. The lowest BCUT2D eigenvalue weighted by molar-refractivity contribution is -0.132. The van der Waals surface area contributed by atoms with Crippen LogP contribution in [0.3, 0.4) is 0 Å². The predicted octanol–water partition coefficient (Wildman–Crippen LogP) is 1.24. The Balaban J connectivity index is 1.57. The van der Waals surface area contributed by atoms with Crippen LogP contribution in [-0.4, -0.2) is 52.0 Å². The third-order valence-corrected chi connectivity index (χ3v) is 4.10. The van der Waals surface area contributed by atoms with Crippen molar-refractivity contribution in [3.63, 3.8) is 0 Å². The van der Waals surface area contributed by atoms with Crippen molar-refractivity contribution in [3.8, 4) is 0 Å². The Hall–Kier alpha value is -2.37. The summed E-state index contributed by atoms with van der Waals surface area (Å²) in [5, 5.41) is 7.75. The van der Waals surface area contributed by atoms with E-state index in [1.165, 1.54) is 11.3 Å². The van der Waals surface area contributed by atoms with Crippen molar-refractivity contribution < 1.29 is 4.79 Å². The van der Waals surface area contributed by atoms with E-state index in [0.717, 1.165) is 31.9 Å². The van der Waals surface area contributed by atoms with E-state index in [0.29, 0.717) is 0 Å². The van der Waals surface area contributed by atoms with Crippen molar-refractivity contribution in [1.29, 1.82) is 0 Å². The summed E-state index contributed by atoms with van der Waals surface area (Å²) in [4.78, 5) is 16.6. The Bertz CT molecular complexity index is 658. The quantitative estimate of drug-likeness (QED) is 0.856. The number of hydrogen-bond acceptors (Lipinski definition) is 4. The first-order valence-corrected chi connectivity index (χ1v) is 7.58. The first kappa shape index (κ1) is 14.6. The molecule has 0 atom stereocenters. The van der Waals surface area contributed by atoms with Crippen LogP contribution in [0.15, 0.2) is 30.5 Å². The fourth-order valence-electron chi connectivity index (χ4n) is 2.73. The number of hydrogen-bond donors (Lipinski definition) is 0. The van der Waals surface area contributed by atoms with Gasteiger partial charge in [0.15, 0.2) is 0 Å². The zero-order chi connectivity index (χ0) is 15.5. The number of rotatable bonds is 3. The molecule has 0 saturated carbocycles. The van der Waals surface area contributed by atoms with Crippen LogP contribution in [0.2, 0.25) is 0 Å². The molecule has 1 aromatic heterocycles. The highest BCUT2D eigenvalue weighted by molar-refractivity contribution is 5.76. The second kappa shape index (κ2) is 6.17. The summed E-state index contributed by atoms with van der Waals surface area (Å²) in [5.41, 5.74) is 3.41. The van der Waals surface area contributed by atoms with Crippen LogP contribution in [0.25, 0.3) is 0 Å². The number of amides is 1. The molecule has 2 aromatic rings. The summed E-state index contributed by atoms with van der Waals surface area (Å²) < 4.78 is 1.65. The fourth-order valence-corrected chi connectivity index (χ4v) is 2.73. The Morgan fingerprint density at radius 2 is 1.95 bits per heavy atom. The zero-order valence-electron chi connectivity index (χ0n) is 13.1. The van der Waals surface area contributed by atoms with Gasteiger partial charge < -0.3 is 9.80 Å². The molecular formula is C16H21N5O. The summed E-state index contributed by atoms with van der Waals surface area (Å²) in [6.45, 7) is 7.51. The highest BCUT2D eigenvalue weighted by Crippen LogP contribution is 2.17. The van der Waals surface area contributed by atoms with Gasteiger partial charge in [0.2, 0.25) is 5.91 Å². The van der Waals surface area contributed by atoms with Crippen LogP contribution < -0.4 is 4.90 Å². The smallest absolute Gasteiger partial charge is 0.244 e. The molecule has 1 aliphatic heterocycles. The van der Waals surface area contributed by atoms with Crippen molar-refractivity contribution in [1.82, 2.24) is 19.9 Å². The van der Waals surface area contributed by atoms with E-state index >= 15 is 0 Å². The van der Waals surface area contributed by atoms with Crippen molar-refractivity contribution >= 4 is 11.6 Å². The monoisotopic (exact) mass is 299 g/mol. The third-order valence-electron chi connectivity index (χ3n) is 4.10. The van der Waals surface area contributed by atoms with Crippen LogP contribution in [0.4, 0.5) is 5.69 Å². The summed E-state index contributed by atoms with van der Waals surface area (Å²) >= 11 is 0. The number of nitrogens with zero attached hydrogens (tertiary/aromatic N) is 5. The number of aromatic nitrogens is 3. The molecule has 1 fully saturated rings. The van der Waals surface area contributed by atoms with Crippen LogP contribution in [0, 0.1) is 13.8 Å². The van der Waals surface area contributed by atoms with Gasteiger partial charge in [-0.3, -0.25) is 4.79 Å². The minimum absolute atomic E-state index is 0.109. The molecule has 0 aliphatic carbocycles. The molecule has 0 unspecified atom stereocenters. The van der Waals surface area contributed by atoms with Gasteiger partial charge in [0.1, 0.15) is 6.54 Å². The lowest BCUT2D eigenvalue weighted by atomic mass is 10.2. The molecule has 1 aromatic carbocycles. The molecule has 0 N–H and O–H groups in total. The van der Waals surface area contributed by atoms with Gasteiger partial charge in [0.25, 0.3) is 0 Å². The SMILES string of the molecule is Cc1cccc(N2CCN(C(=O)Cn3nncc3C)CC2)c1. The Morgan fingerprint density at radius 1 is 1.18 bits per heavy atom. The van der Waals surface area contributed by atoms with Gasteiger partial charge in [-0.1, -0.05) is 17.3 Å². The number of aryl methyl sites for hydroxylation is 2. The maximum absolute atomic E-state index is 12.3. The Labute approximate surface area is 130 Å². The summed E-state index contributed by atoms with van der Waals surface area (Å²) in [7, 11) is 0. The molecule has 1 aliphatic rings. The molecule has 1 amide bonds. The summed E-state index contributed by atoms with van der Waals surface area (Å²) in [6, 6.07) is 8.50. The van der Waals surface area contributed by atoms with E-state index in [2.05, 4.69) is 46.4 Å². The first-order valence-electron chi connectivity index (χ1n) is 7.58. The molecule has 0 bridgehead atoms. The Morgan fingerprint density at radius 3 is 2.59 bits per heavy atom. The average Bonchev–Trinajstić information content (AvgIpc) is 2.92.